The highest BCUT2D eigenvalue weighted by atomic mass is 79.9. The first kappa shape index (κ1) is 15.3. The minimum absolute atomic E-state index is 0.0218. The summed E-state index contributed by atoms with van der Waals surface area (Å²) in [6.07, 6.45) is 1.91. The number of halogens is 1. The Hall–Kier alpha value is -1.07. The molecule has 1 heterocycles. The number of thiophene rings is 1. The number of carbonyl (C=O) groups excluding carboxylic acids is 1. The van der Waals surface area contributed by atoms with E-state index in [-0.39, 0.29) is 11.9 Å². The molecule has 0 fully saturated rings. The van der Waals surface area contributed by atoms with E-state index in [1.54, 1.807) is 0 Å². The van der Waals surface area contributed by atoms with Crippen LogP contribution in [0, 0.1) is 0 Å². The van der Waals surface area contributed by atoms with Crippen molar-refractivity contribution in [1.82, 2.24) is 4.90 Å². The van der Waals surface area contributed by atoms with Gasteiger partial charge in [0, 0.05) is 27.6 Å². The maximum atomic E-state index is 12.6. The average molecular weight is 355 g/mol. The van der Waals surface area contributed by atoms with Crippen molar-refractivity contribution in [2.75, 3.05) is 12.8 Å². The van der Waals surface area contributed by atoms with Crippen molar-refractivity contribution in [2.24, 2.45) is 0 Å². The molecule has 0 saturated carbocycles. The van der Waals surface area contributed by atoms with Crippen LogP contribution in [0.15, 0.2) is 22.7 Å². The molecule has 2 aromatic rings. The standard InChI is InChI=1S/C15H19BrN2OS/c1-4-10(5-2)18(3)15(19)14-13(17)11-8-9(16)6-7-12(11)20-14/h6-8,10H,4-5,17H2,1-3H3. The summed E-state index contributed by atoms with van der Waals surface area (Å²) in [6.45, 7) is 4.20. The van der Waals surface area contributed by atoms with Gasteiger partial charge in [-0.15, -0.1) is 11.3 Å². The first-order chi connectivity index (χ1) is 9.49. The van der Waals surface area contributed by atoms with Gasteiger partial charge >= 0.3 is 0 Å². The zero-order chi connectivity index (χ0) is 14.9. The maximum absolute atomic E-state index is 12.6. The zero-order valence-electron chi connectivity index (χ0n) is 11.9. The van der Waals surface area contributed by atoms with Crippen LogP contribution < -0.4 is 5.73 Å². The van der Waals surface area contributed by atoms with Crippen LogP contribution >= 0.6 is 27.3 Å². The Labute approximate surface area is 131 Å². The molecular weight excluding hydrogens is 336 g/mol. The maximum Gasteiger partial charge on any atom is 0.266 e. The third-order valence-corrected chi connectivity index (χ3v) is 5.36. The number of carbonyl (C=O) groups is 1. The third-order valence-electron chi connectivity index (χ3n) is 3.69. The highest BCUT2D eigenvalue weighted by Gasteiger charge is 2.23. The molecule has 0 unspecified atom stereocenters. The molecule has 0 bridgehead atoms. The average Bonchev–Trinajstić information content (AvgIpc) is 2.76. The smallest absolute Gasteiger partial charge is 0.266 e. The first-order valence-corrected chi connectivity index (χ1v) is 8.35. The van der Waals surface area contributed by atoms with Gasteiger partial charge < -0.3 is 10.6 Å². The number of hydrogen-bond acceptors (Lipinski definition) is 3. The lowest BCUT2D eigenvalue weighted by atomic mass is 10.1. The fourth-order valence-electron chi connectivity index (χ4n) is 2.41. The van der Waals surface area contributed by atoms with E-state index < -0.39 is 0 Å². The predicted molar refractivity (Wildman–Crippen MR) is 90.4 cm³/mol. The molecule has 3 nitrogen and oxygen atoms in total. The molecule has 0 aliphatic rings. The van der Waals surface area contributed by atoms with Crippen LogP contribution in [0.1, 0.15) is 36.4 Å². The van der Waals surface area contributed by atoms with Crippen LogP contribution in [0.2, 0.25) is 0 Å². The van der Waals surface area contributed by atoms with Gasteiger partial charge in [-0.25, -0.2) is 0 Å². The van der Waals surface area contributed by atoms with E-state index in [0.717, 1.165) is 27.4 Å². The van der Waals surface area contributed by atoms with Crippen molar-refractivity contribution in [3.63, 3.8) is 0 Å². The van der Waals surface area contributed by atoms with E-state index in [9.17, 15) is 4.79 Å². The quantitative estimate of drug-likeness (QED) is 0.877. The summed E-state index contributed by atoms with van der Waals surface area (Å²) in [7, 11) is 1.86. The van der Waals surface area contributed by atoms with E-state index in [0.29, 0.717) is 10.6 Å². The van der Waals surface area contributed by atoms with Crippen LogP contribution in [0.25, 0.3) is 10.1 Å². The lowest BCUT2D eigenvalue weighted by Gasteiger charge is -2.25. The predicted octanol–water partition coefficient (Wildman–Crippen LogP) is 4.51. The Balaban J connectivity index is 2.42. The van der Waals surface area contributed by atoms with Gasteiger partial charge in [0.15, 0.2) is 0 Å². The summed E-state index contributed by atoms with van der Waals surface area (Å²) < 4.78 is 2.02. The highest BCUT2D eigenvalue weighted by molar-refractivity contribution is 9.10. The molecule has 20 heavy (non-hydrogen) atoms. The van der Waals surface area contributed by atoms with Gasteiger partial charge in [0.05, 0.1) is 5.69 Å². The fourth-order valence-corrected chi connectivity index (χ4v) is 3.86. The first-order valence-electron chi connectivity index (χ1n) is 6.74. The molecule has 0 aliphatic heterocycles. The summed E-state index contributed by atoms with van der Waals surface area (Å²) in [4.78, 5) is 15.1. The number of nitrogens with zero attached hydrogens (tertiary/aromatic N) is 1. The number of nitrogen functional groups attached to an aromatic ring is 1. The normalized spacial score (nSPS) is 11.2. The number of rotatable bonds is 4. The second-order valence-electron chi connectivity index (χ2n) is 4.87. The fraction of sp³-hybridized carbons (Fsp3) is 0.400. The minimum Gasteiger partial charge on any atom is -0.397 e. The van der Waals surface area contributed by atoms with E-state index in [4.69, 9.17) is 5.73 Å². The number of hydrogen-bond donors (Lipinski definition) is 1. The minimum atomic E-state index is 0.0218. The highest BCUT2D eigenvalue weighted by Crippen LogP contribution is 2.36. The molecule has 5 heteroatoms. The Morgan fingerprint density at radius 1 is 1.40 bits per heavy atom. The second-order valence-corrected chi connectivity index (χ2v) is 6.84. The molecule has 0 radical (unpaired) electrons. The summed E-state index contributed by atoms with van der Waals surface area (Å²) in [6, 6.07) is 6.19. The van der Waals surface area contributed by atoms with Crippen molar-refractivity contribution < 1.29 is 4.79 Å². The Bertz CT molecular complexity index is 634. The van der Waals surface area contributed by atoms with Crippen molar-refractivity contribution >= 4 is 48.9 Å². The van der Waals surface area contributed by atoms with Crippen molar-refractivity contribution in [3.8, 4) is 0 Å². The van der Waals surface area contributed by atoms with Crippen molar-refractivity contribution in [1.29, 1.82) is 0 Å². The topological polar surface area (TPSA) is 46.3 Å². The largest absolute Gasteiger partial charge is 0.397 e. The molecule has 108 valence electrons. The van der Waals surface area contributed by atoms with Crippen LogP contribution in [0.5, 0.6) is 0 Å². The lowest BCUT2D eigenvalue weighted by Crippen LogP contribution is -2.36. The number of amides is 1. The van der Waals surface area contributed by atoms with E-state index in [1.807, 2.05) is 30.1 Å². The van der Waals surface area contributed by atoms with Crippen LogP contribution in [-0.4, -0.2) is 23.9 Å². The Morgan fingerprint density at radius 2 is 2.05 bits per heavy atom. The third kappa shape index (κ3) is 2.69. The van der Waals surface area contributed by atoms with Gasteiger partial charge in [0.25, 0.3) is 5.91 Å². The summed E-state index contributed by atoms with van der Waals surface area (Å²) >= 11 is 4.91. The van der Waals surface area contributed by atoms with Gasteiger partial charge in [0.2, 0.25) is 0 Å². The van der Waals surface area contributed by atoms with Crippen LogP contribution in [0.4, 0.5) is 5.69 Å². The van der Waals surface area contributed by atoms with E-state index in [2.05, 4.69) is 29.8 Å². The van der Waals surface area contributed by atoms with Gasteiger partial charge in [-0.3, -0.25) is 4.79 Å². The molecule has 0 aliphatic carbocycles. The summed E-state index contributed by atoms with van der Waals surface area (Å²) in [5.41, 5.74) is 6.76. The molecule has 0 atom stereocenters. The number of anilines is 1. The molecule has 0 spiro atoms. The number of nitrogens with two attached hydrogens (primary N) is 1. The second kappa shape index (κ2) is 6.14. The van der Waals surface area contributed by atoms with Gasteiger partial charge in [-0.2, -0.15) is 0 Å². The Morgan fingerprint density at radius 3 is 2.65 bits per heavy atom. The monoisotopic (exact) mass is 354 g/mol. The lowest BCUT2D eigenvalue weighted by molar-refractivity contribution is 0.0729. The van der Waals surface area contributed by atoms with Gasteiger partial charge in [-0.1, -0.05) is 29.8 Å². The molecule has 1 aromatic carbocycles. The molecular formula is C15H19BrN2OS. The van der Waals surface area contributed by atoms with Crippen molar-refractivity contribution in [2.45, 2.75) is 32.7 Å². The molecule has 1 aromatic heterocycles. The molecule has 2 N–H and O–H groups in total. The molecule has 0 saturated heterocycles. The number of fused-ring (bicyclic) bond motifs is 1. The van der Waals surface area contributed by atoms with E-state index in [1.165, 1.54) is 11.3 Å². The van der Waals surface area contributed by atoms with Crippen molar-refractivity contribution in [3.05, 3.63) is 27.5 Å². The van der Waals surface area contributed by atoms with Crippen LogP contribution in [0.3, 0.4) is 0 Å². The van der Waals surface area contributed by atoms with E-state index >= 15 is 0 Å². The SMILES string of the molecule is CCC(CC)N(C)C(=O)c1sc2ccc(Br)cc2c1N. The molecule has 1 amide bonds. The van der Waals surface area contributed by atoms with Gasteiger partial charge in [0.1, 0.15) is 4.88 Å². The summed E-state index contributed by atoms with van der Waals surface area (Å²) in [5.74, 6) is 0.0218. The number of benzene rings is 1. The van der Waals surface area contributed by atoms with Crippen LogP contribution in [-0.2, 0) is 0 Å². The Kier molecular flexibility index (Phi) is 4.70. The zero-order valence-corrected chi connectivity index (χ0v) is 14.3. The summed E-state index contributed by atoms with van der Waals surface area (Å²) in [5, 5.41) is 0.950. The molecule has 2 rings (SSSR count). The van der Waals surface area contributed by atoms with Gasteiger partial charge in [-0.05, 0) is 31.0 Å².